The maximum absolute atomic E-state index is 12.1. The second-order valence-corrected chi connectivity index (χ2v) is 6.99. The predicted octanol–water partition coefficient (Wildman–Crippen LogP) is 2.23. The first kappa shape index (κ1) is 18.4. The van der Waals surface area contributed by atoms with E-state index < -0.39 is 5.60 Å². The van der Waals surface area contributed by atoms with Crippen LogP contribution in [0.3, 0.4) is 0 Å². The lowest BCUT2D eigenvalue weighted by atomic mass is 9.92. The van der Waals surface area contributed by atoms with Gasteiger partial charge in [-0.2, -0.15) is 5.10 Å². The van der Waals surface area contributed by atoms with Crippen LogP contribution in [0.1, 0.15) is 34.1 Å². The number of hydrogen-bond acceptors (Lipinski definition) is 6. The van der Waals surface area contributed by atoms with Gasteiger partial charge < -0.3 is 19.7 Å². The Kier molecular flexibility index (Phi) is 6.36. The largest absolute Gasteiger partial charge is 0.444 e. The van der Waals surface area contributed by atoms with E-state index in [0.29, 0.717) is 13.2 Å². The SMILES string of the molecule is CCOCC1CN(c2cccnn2)CCC1NC(=O)OC(C)(C)C. The fourth-order valence-electron chi connectivity index (χ4n) is 2.79. The summed E-state index contributed by atoms with van der Waals surface area (Å²) in [7, 11) is 0. The highest BCUT2D eigenvalue weighted by molar-refractivity contribution is 5.68. The number of anilines is 1. The maximum Gasteiger partial charge on any atom is 0.407 e. The van der Waals surface area contributed by atoms with Gasteiger partial charge in [-0.3, -0.25) is 0 Å². The first-order chi connectivity index (χ1) is 11.4. The summed E-state index contributed by atoms with van der Waals surface area (Å²) in [6.07, 6.45) is 2.10. The second-order valence-electron chi connectivity index (χ2n) is 6.99. The van der Waals surface area contributed by atoms with Crippen molar-refractivity contribution in [3.63, 3.8) is 0 Å². The van der Waals surface area contributed by atoms with Crippen molar-refractivity contribution in [2.24, 2.45) is 5.92 Å². The highest BCUT2D eigenvalue weighted by Gasteiger charge is 2.32. The molecular weight excluding hydrogens is 308 g/mol. The molecule has 0 bridgehead atoms. The van der Waals surface area contributed by atoms with Gasteiger partial charge in [-0.05, 0) is 46.2 Å². The Morgan fingerprint density at radius 3 is 2.88 bits per heavy atom. The van der Waals surface area contributed by atoms with E-state index >= 15 is 0 Å². The molecule has 1 amide bonds. The minimum atomic E-state index is -0.500. The molecule has 24 heavy (non-hydrogen) atoms. The molecule has 1 aromatic heterocycles. The highest BCUT2D eigenvalue weighted by Crippen LogP contribution is 2.22. The Morgan fingerprint density at radius 2 is 2.25 bits per heavy atom. The number of nitrogens with zero attached hydrogens (tertiary/aromatic N) is 3. The quantitative estimate of drug-likeness (QED) is 0.888. The number of rotatable bonds is 5. The van der Waals surface area contributed by atoms with Crippen molar-refractivity contribution in [1.82, 2.24) is 15.5 Å². The summed E-state index contributed by atoms with van der Waals surface area (Å²) in [5, 5.41) is 11.1. The number of aromatic nitrogens is 2. The third kappa shape index (κ3) is 5.63. The molecule has 2 heterocycles. The fourth-order valence-corrected chi connectivity index (χ4v) is 2.79. The Bertz CT molecular complexity index is 518. The summed E-state index contributed by atoms with van der Waals surface area (Å²) in [4.78, 5) is 14.3. The molecule has 1 aromatic rings. The molecule has 7 nitrogen and oxygen atoms in total. The van der Waals surface area contributed by atoms with E-state index in [1.54, 1.807) is 6.20 Å². The van der Waals surface area contributed by atoms with Crippen LogP contribution in [-0.4, -0.2) is 54.2 Å². The van der Waals surface area contributed by atoms with Gasteiger partial charge in [-0.1, -0.05) is 0 Å². The van der Waals surface area contributed by atoms with Gasteiger partial charge in [-0.25, -0.2) is 4.79 Å². The molecular formula is C17H28N4O3. The smallest absolute Gasteiger partial charge is 0.407 e. The van der Waals surface area contributed by atoms with Crippen LogP contribution < -0.4 is 10.2 Å². The first-order valence-corrected chi connectivity index (χ1v) is 8.49. The Hall–Kier alpha value is -1.89. The van der Waals surface area contributed by atoms with Gasteiger partial charge >= 0.3 is 6.09 Å². The normalized spacial score (nSPS) is 21.4. The number of amides is 1. The third-order valence-electron chi connectivity index (χ3n) is 3.85. The van der Waals surface area contributed by atoms with Crippen LogP contribution in [0.5, 0.6) is 0 Å². The monoisotopic (exact) mass is 336 g/mol. The molecule has 1 saturated heterocycles. The van der Waals surface area contributed by atoms with Crippen LogP contribution in [0.4, 0.5) is 10.6 Å². The lowest BCUT2D eigenvalue weighted by molar-refractivity contribution is 0.0421. The summed E-state index contributed by atoms with van der Waals surface area (Å²) in [6.45, 7) is 10.4. The average molecular weight is 336 g/mol. The van der Waals surface area contributed by atoms with E-state index in [1.165, 1.54) is 0 Å². The van der Waals surface area contributed by atoms with Gasteiger partial charge in [0.1, 0.15) is 5.60 Å². The number of hydrogen-bond donors (Lipinski definition) is 1. The molecule has 2 atom stereocenters. The molecule has 0 aliphatic carbocycles. The van der Waals surface area contributed by atoms with Crippen molar-refractivity contribution in [3.05, 3.63) is 18.3 Å². The van der Waals surface area contributed by atoms with Crippen molar-refractivity contribution in [2.45, 2.75) is 45.8 Å². The van der Waals surface area contributed by atoms with Crippen molar-refractivity contribution < 1.29 is 14.3 Å². The number of nitrogens with one attached hydrogen (secondary N) is 1. The van der Waals surface area contributed by atoms with Gasteiger partial charge in [0, 0.05) is 37.9 Å². The number of carbonyl (C=O) groups is 1. The average Bonchev–Trinajstić information content (AvgIpc) is 2.53. The molecule has 1 aliphatic rings. The van der Waals surface area contributed by atoms with Gasteiger partial charge in [0.25, 0.3) is 0 Å². The van der Waals surface area contributed by atoms with Crippen LogP contribution in [0.2, 0.25) is 0 Å². The van der Waals surface area contributed by atoms with Crippen LogP contribution in [0.15, 0.2) is 18.3 Å². The highest BCUT2D eigenvalue weighted by atomic mass is 16.6. The number of carbonyl (C=O) groups excluding carboxylic acids is 1. The minimum Gasteiger partial charge on any atom is -0.444 e. The minimum absolute atomic E-state index is 0.0271. The van der Waals surface area contributed by atoms with E-state index in [0.717, 1.165) is 25.3 Å². The Morgan fingerprint density at radius 1 is 1.46 bits per heavy atom. The number of piperidine rings is 1. The van der Waals surface area contributed by atoms with Gasteiger partial charge in [-0.15, -0.1) is 5.10 Å². The summed E-state index contributed by atoms with van der Waals surface area (Å²) < 4.78 is 11.0. The Balaban J connectivity index is 1.99. The summed E-state index contributed by atoms with van der Waals surface area (Å²) in [5.74, 6) is 1.03. The Labute approximate surface area is 143 Å². The zero-order valence-electron chi connectivity index (χ0n) is 15.0. The van der Waals surface area contributed by atoms with Gasteiger partial charge in [0.05, 0.1) is 6.61 Å². The summed E-state index contributed by atoms with van der Waals surface area (Å²) in [6, 6.07) is 3.86. The van der Waals surface area contributed by atoms with Crippen molar-refractivity contribution in [3.8, 4) is 0 Å². The molecule has 1 fully saturated rings. The number of ether oxygens (including phenoxy) is 2. The maximum atomic E-state index is 12.1. The van der Waals surface area contributed by atoms with Crippen LogP contribution in [0.25, 0.3) is 0 Å². The summed E-state index contributed by atoms with van der Waals surface area (Å²) in [5.41, 5.74) is -0.500. The zero-order chi connectivity index (χ0) is 17.6. The van der Waals surface area contributed by atoms with Crippen molar-refractivity contribution in [1.29, 1.82) is 0 Å². The van der Waals surface area contributed by atoms with Crippen molar-refractivity contribution in [2.75, 3.05) is 31.2 Å². The molecule has 1 N–H and O–H groups in total. The van der Waals surface area contributed by atoms with Crippen LogP contribution in [-0.2, 0) is 9.47 Å². The van der Waals surface area contributed by atoms with E-state index in [2.05, 4.69) is 20.4 Å². The lowest BCUT2D eigenvalue weighted by Crippen LogP contribution is -2.53. The zero-order valence-corrected chi connectivity index (χ0v) is 15.0. The lowest BCUT2D eigenvalue weighted by Gasteiger charge is -2.39. The predicted molar refractivity (Wildman–Crippen MR) is 92.0 cm³/mol. The van der Waals surface area contributed by atoms with E-state index in [9.17, 15) is 4.79 Å². The molecule has 2 unspecified atom stereocenters. The molecule has 2 rings (SSSR count). The molecule has 0 aromatic carbocycles. The molecule has 1 aliphatic heterocycles. The fraction of sp³-hybridized carbons (Fsp3) is 0.706. The molecule has 0 saturated carbocycles. The van der Waals surface area contributed by atoms with E-state index in [4.69, 9.17) is 9.47 Å². The van der Waals surface area contributed by atoms with Gasteiger partial charge in [0.2, 0.25) is 0 Å². The van der Waals surface area contributed by atoms with E-state index in [-0.39, 0.29) is 18.1 Å². The molecule has 134 valence electrons. The molecule has 7 heteroatoms. The topological polar surface area (TPSA) is 76.6 Å². The first-order valence-electron chi connectivity index (χ1n) is 8.49. The number of alkyl carbamates (subject to hydrolysis) is 1. The van der Waals surface area contributed by atoms with Crippen LogP contribution in [0, 0.1) is 5.92 Å². The standard InChI is InChI=1S/C17H28N4O3/c1-5-23-12-13-11-21(15-7-6-9-18-20-15)10-8-14(13)19-16(22)24-17(2,3)4/h6-7,9,13-14H,5,8,10-12H2,1-4H3,(H,19,22). The molecule has 0 radical (unpaired) electrons. The van der Waals surface area contributed by atoms with Crippen molar-refractivity contribution >= 4 is 11.9 Å². The molecule has 0 spiro atoms. The third-order valence-corrected chi connectivity index (χ3v) is 3.85. The van der Waals surface area contributed by atoms with Gasteiger partial charge in [0.15, 0.2) is 5.82 Å². The summed E-state index contributed by atoms with van der Waals surface area (Å²) >= 11 is 0. The second kappa shape index (κ2) is 8.28. The van der Waals surface area contributed by atoms with E-state index in [1.807, 2.05) is 39.8 Å². The van der Waals surface area contributed by atoms with Crippen LogP contribution >= 0.6 is 0 Å².